The van der Waals surface area contributed by atoms with Gasteiger partial charge in [0.2, 0.25) is 0 Å². The fourth-order valence-corrected chi connectivity index (χ4v) is 4.26. The summed E-state index contributed by atoms with van der Waals surface area (Å²) in [5, 5.41) is 2.89. The molecule has 0 aromatic heterocycles. The molecule has 1 aliphatic carbocycles. The summed E-state index contributed by atoms with van der Waals surface area (Å²) in [6.07, 6.45) is 4.81. The third-order valence-electron chi connectivity index (χ3n) is 5.20. The van der Waals surface area contributed by atoms with E-state index in [1.54, 1.807) is 11.8 Å². The third kappa shape index (κ3) is 3.70. The van der Waals surface area contributed by atoms with Gasteiger partial charge in [-0.25, -0.2) is 4.79 Å². The molecule has 0 unspecified atom stereocenters. The second-order valence-corrected chi connectivity index (χ2v) is 9.27. The average molecular weight is 377 g/mol. The molecule has 0 spiro atoms. The minimum absolute atomic E-state index is 0.0316. The first kappa shape index (κ1) is 19.1. The molecule has 3 rings (SSSR count). The summed E-state index contributed by atoms with van der Waals surface area (Å²) < 4.78 is 5.67. The Balaban J connectivity index is 1.91. The maximum Gasteiger partial charge on any atom is 0.411 e. The molecule has 0 bridgehead atoms. The highest BCUT2D eigenvalue weighted by molar-refractivity contribution is 7.98. The summed E-state index contributed by atoms with van der Waals surface area (Å²) >= 11 is 1.64. The summed E-state index contributed by atoms with van der Waals surface area (Å²) in [6, 6.07) is 4.03. The van der Waals surface area contributed by atoms with Gasteiger partial charge in [0.1, 0.15) is 5.60 Å². The Morgan fingerprint density at radius 1 is 1.35 bits per heavy atom. The molecule has 1 heterocycles. The fourth-order valence-electron chi connectivity index (χ4n) is 3.56. The SMILES string of the molecule is CSc1cc(CN(C(=O)OC(C)(C)C)C2(C)CCC2)cc2c1CNC2=O. The molecule has 142 valence electrons. The Labute approximate surface area is 159 Å². The van der Waals surface area contributed by atoms with E-state index < -0.39 is 5.60 Å². The van der Waals surface area contributed by atoms with Crippen LogP contribution in [0.25, 0.3) is 0 Å². The summed E-state index contributed by atoms with van der Waals surface area (Å²) in [7, 11) is 0. The Bertz CT molecular complexity index is 735. The standard InChI is InChI=1S/C20H28N2O3S/c1-19(2,3)25-18(24)22(20(4)7-6-8-20)12-13-9-14-15(11-21-17(14)23)16(10-13)26-5/h9-10H,6-8,11-12H2,1-5H3,(H,21,23). The van der Waals surface area contributed by atoms with Crippen LogP contribution in [-0.2, 0) is 17.8 Å². The summed E-state index contributed by atoms with van der Waals surface area (Å²) in [6.45, 7) is 8.82. The minimum atomic E-state index is -0.530. The lowest BCUT2D eigenvalue weighted by molar-refractivity contribution is -0.0238. The number of thioether (sulfide) groups is 1. The van der Waals surface area contributed by atoms with Gasteiger partial charge in [0, 0.05) is 29.1 Å². The van der Waals surface area contributed by atoms with Gasteiger partial charge in [-0.3, -0.25) is 9.69 Å². The van der Waals surface area contributed by atoms with Crippen molar-refractivity contribution in [2.45, 2.75) is 76.1 Å². The largest absolute Gasteiger partial charge is 0.444 e. The Morgan fingerprint density at radius 3 is 2.58 bits per heavy atom. The van der Waals surface area contributed by atoms with Crippen LogP contribution in [0.5, 0.6) is 0 Å². The maximum atomic E-state index is 12.9. The number of hydrogen-bond acceptors (Lipinski definition) is 4. The van der Waals surface area contributed by atoms with Gasteiger partial charge in [-0.05, 0) is 76.5 Å². The Kier molecular flexibility index (Phi) is 4.99. The van der Waals surface area contributed by atoms with Crippen molar-refractivity contribution in [3.63, 3.8) is 0 Å². The van der Waals surface area contributed by atoms with Gasteiger partial charge >= 0.3 is 6.09 Å². The lowest BCUT2D eigenvalue weighted by Gasteiger charge is -2.47. The molecule has 2 amide bonds. The van der Waals surface area contributed by atoms with E-state index in [0.29, 0.717) is 13.1 Å². The van der Waals surface area contributed by atoms with Crippen LogP contribution in [0, 0.1) is 0 Å². The maximum absolute atomic E-state index is 12.9. The molecular formula is C20H28N2O3S. The normalized spacial score (nSPS) is 18.0. The van der Waals surface area contributed by atoms with E-state index in [0.717, 1.165) is 40.8 Å². The van der Waals surface area contributed by atoms with E-state index in [2.05, 4.69) is 18.3 Å². The lowest BCUT2D eigenvalue weighted by atomic mass is 9.77. The van der Waals surface area contributed by atoms with Crippen LogP contribution in [0.3, 0.4) is 0 Å². The van der Waals surface area contributed by atoms with Crippen LogP contribution in [0.1, 0.15) is 68.4 Å². The number of carbonyl (C=O) groups is 2. The van der Waals surface area contributed by atoms with Crippen LogP contribution < -0.4 is 5.32 Å². The predicted molar refractivity (Wildman–Crippen MR) is 103 cm³/mol. The van der Waals surface area contributed by atoms with Gasteiger partial charge in [0.05, 0.1) is 0 Å². The van der Waals surface area contributed by atoms with Gasteiger partial charge in [-0.1, -0.05) is 0 Å². The van der Waals surface area contributed by atoms with E-state index in [9.17, 15) is 9.59 Å². The fraction of sp³-hybridized carbons (Fsp3) is 0.600. The van der Waals surface area contributed by atoms with Crippen molar-refractivity contribution in [1.82, 2.24) is 10.2 Å². The van der Waals surface area contributed by atoms with Crippen LogP contribution >= 0.6 is 11.8 Å². The molecule has 1 fully saturated rings. The molecule has 0 atom stereocenters. The number of ether oxygens (including phenoxy) is 1. The first-order valence-corrected chi connectivity index (χ1v) is 10.3. The van der Waals surface area contributed by atoms with Crippen molar-refractivity contribution in [2.75, 3.05) is 6.26 Å². The molecule has 0 radical (unpaired) electrons. The molecule has 1 aromatic carbocycles. The quantitative estimate of drug-likeness (QED) is 0.795. The van der Waals surface area contributed by atoms with Crippen molar-refractivity contribution < 1.29 is 14.3 Å². The molecule has 6 heteroatoms. The second kappa shape index (κ2) is 6.80. The highest BCUT2D eigenvalue weighted by Crippen LogP contribution is 2.39. The second-order valence-electron chi connectivity index (χ2n) is 8.42. The van der Waals surface area contributed by atoms with Crippen molar-refractivity contribution in [2.24, 2.45) is 0 Å². The number of fused-ring (bicyclic) bond motifs is 1. The number of benzene rings is 1. The van der Waals surface area contributed by atoms with Crippen LogP contribution in [0.4, 0.5) is 4.79 Å². The Hall–Kier alpha value is -1.69. The van der Waals surface area contributed by atoms with Crippen molar-refractivity contribution in [3.05, 3.63) is 28.8 Å². The predicted octanol–water partition coefficient (Wildman–Crippen LogP) is 4.33. The number of nitrogens with zero attached hydrogens (tertiary/aromatic N) is 1. The van der Waals surface area contributed by atoms with Crippen molar-refractivity contribution >= 4 is 23.8 Å². The number of rotatable bonds is 4. The Morgan fingerprint density at radius 2 is 2.04 bits per heavy atom. The van der Waals surface area contributed by atoms with E-state index >= 15 is 0 Å². The molecule has 1 aliphatic heterocycles. The zero-order valence-electron chi connectivity index (χ0n) is 16.3. The zero-order chi connectivity index (χ0) is 19.1. The highest BCUT2D eigenvalue weighted by atomic mass is 32.2. The van der Waals surface area contributed by atoms with Gasteiger partial charge < -0.3 is 10.1 Å². The molecular weight excluding hydrogens is 348 g/mol. The molecule has 2 aliphatic rings. The highest BCUT2D eigenvalue weighted by Gasteiger charge is 2.42. The molecule has 0 saturated heterocycles. The molecule has 5 nitrogen and oxygen atoms in total. The smallest absolute Gasteiger partial charge is 0.411 e. The van der Waals surface area contributed by atoms with E-state index in [4.69, 9.17) is 4.74 Å². The molecule has 26 heavy (non-hydrogen) atoms. The van der Waals surface area contributed by atoms with Crippen LogP contribution in [0.15, 0.2) is 17.0 Å². The summed E-state index contributed by atoms with van der Waals surface area (Å²) in [5.74, 6) is -0.0316. The van der Waals surface area contributed by atoms with Gasteiger partial charge in [0.15, 0.2) is 0 Å². The molecule has 1 N–H and O–H groups in total. The van der Waals surface area contributed by atoms with Crippen LogP contribution in [0.2, 0.25) is 0 Å². The first-order chi connectivity index (χ1) is 12.1. The number of nitrogens with one attached hydrogen (secondary N) is 1. The number of carbonyl (C=O) groups excluding carboxylic acids is 2. The zero-order valence-corrected chi connectivity index (χ0v) is 17.1. The van der Waals surface area contributed by atoms with Crippen molar-refractivity contribution in [1.29, 1.82) is 0 Å². The van der Waals surface area contributed by atoms with E-state index in [1.807, 2.05) is 38.0 Å². The monoisotopic (exact) mass is 376 g/mol. The number of amides is 2. The average Bonchev–Trinajstić information content (AvgIpc) is 2.89. The summed E-state index contributed by atoms with van der Waals surface area (Å²) in [5.41, 5.74) is 2.06. The third-order valence-corrected chi connectivity index (χ3v) is 6.00. The van der Waals surface area contributed by atoms with Crippen LogP contribution in [-0.4, -0.2) is 34.3 Å². The summed E-state index contributed by atoms with van der Waals surface area (Å²) in [4.78, 5) is 27.9. The molecule has 1 aromatic rings. The van der Waals surface area contributed by atoms with E-state index in [-0.39, 0.29) is 17.5 Å². The first-order valence-electron chi connectivity index (χ1n) is 9.11. The van der Waals surface area contributed by atoms with Gasteiger partial charge in [-0.15, -0.1) is 11.8 Å². The van der Waals surface area contributed by atoms with Gasteiger partial charge in [-0.2, -0.15) is 0 Å². The van der Waals surface area contributed by atoms with Crippen molar-refractivity contribution in [3.8, 4) is 0 Å². The lowest BCUT2D eigenvalue weighted by Crippen LogP contribution is -2.54. The van der Waals surface area contributed by atoms with E-state index in [1.165, 1.54) is 0 Å². The molecule has 1 saturated carbocycles. The topological polar surface area (TPSA) is 58.6 Å². The minimum Gasteiger partial charge on any atom is -0.444 e. The number of hydrogen-bond donors (Lipinski definition) is 1. The van der Waals surface area contributed by atoms with Gasteiger partial charge in [0.25, 0.3) is 5.91 Å².